The van der Waals surface area contributed by atoms with Gasteiger partial charge in [-0.3, -0.25) is 9.59 Å². The summed E-state index contributed by atoms with van der Waals surface area (Å²) in [5.41, 5.74) is 3.29. The van der Waals surface area contributed by atoms with Crippen molar-refractivity contribution < 1.29 is 27.5 Å². The van der Waals surface area contributed by atoms with Crippen LogP contribution in [0.2, 0.25) is 0 Å². The summed E-state index contributed by atoms with van der Waals surface area (Å²) in [6, 6.07) is 11.3. The molecule has 29 heavy (non-hydrogen) atoms. The zero-order valence-electron chi connectivity index (χ0n) is 16.0. The summed E-state index contributed by atoms with van der Waals surface area (Å²) in [7, 11) is 0. The molecule has 8 heteroatoms. The van der Waals surface area contributed by atoms with Gasteiger partial charge in [0.25, 0.3) is 0 Å². The first-order valence-corrected chi connectivity index (χ1v) is 9.11. The molecular weight excluding hydrogens is 385 g/mol. The summed E-state index contributed by atoms with van der Waals surface area (Å²) in [4.78, 5) is 26.6. The molecule has 1 aliphatic rings. The monoisotopic (exact) mass is 406 g/mol. The lowest BCUT2D eigenvalue weighted by atomic mass is 10.1. The average Bonchev–Trinajstić information content (AvgIpc) is 3.04. The molecule has 0 spiro atoms. The predicted molar refractivity (Wildman–Crippen MR) is 103 cm³/mol. The third-order valence-electron chi connectivity index (χ3n) is 4.89. The molecule has 3 rings (SSSR count). The van der Waals surface area contributed by atoms with Crippen LogP contribution in [0.5, 0.6) is 5.75 Å². The molecule has 2 aromatic rings. The summed E-state index contributed by atoms with van der Waals surface area (Å²) in [6.07, 6.45) is -4.31. The van der Waals surface area contributed by atoms with Crippen molar-refractivity contribution in [3.63, 3.8) is 0 Å². The quantitative estimate of drug-likeness (QED) is 0.808. The van der Waals surface area contributed by atoms with Gasteiger partial charge in [0.2, 0.25) is 11.8 Å². The van der Waals surface area contributed by atoms with Gasteiger partial charge in [0.05, 0.1) is 5.92 Å². The van der Waals surface area contributed by atoms with Crippen molar-refractivity contribution in [3.8, 4) is 5.75 Å². The number of hydrogen-bond acceptors (Lipinski definition) is 3. The number of anilines is 2. The SMILES string of the molecule is Cc1cccc(N2CC(C(=O)Nc3ccc(OCC(F)(F)F)cc3)CC2=O)c1C. The van der Waals surface area contributed by atoms with Gasteiger partial charge < -0.3 is 15.0 Å². The first kappa shape index (κ1) is 20.7. The van der Waals surface area contributed by atoms with Gasteiger partial charge in [0.15, 0.2) is 6.61 Å². The summed E-state index contributed by atoms with van der Waals surface area (Å²) in [5, 5.41) is 2.71. The Kier molecular flexibility index (Phi) is 5.81. The molecule has 0 aromatic heterocycles. The summed E-state index contributed by atoms with van der Waals surface area (Å²) >= 11 is 0. The van der Waals surface area contributed by atoms with Crippen LogP contribution >= 0.6 is 0 Å². The van der Waals surface area contributed by atoms with Crippen molar-refractivity contribution in [2.75, 3.05) is 23.4 Å². The van der Waals surface area contributed by atoms with E-state index in [1.807, 2.05) is 32.0 Å². The lowest BCUT2D eigenvalue weighted by molar-refractivity contribution is -0.153. The first-order chi connectivity index (χ1) is 13.6. The number of aryl methyl sites for hydroxylation is 1. The van der Waals surface area contributed by atoms with E-state index >= 15 is 0 Å². The summed E-state index contributed by atoms with van der Waals surface area (Å²) in [5.74, 6) is -0.883. The van der Waals surface area contributed by atoms with Crippen LogP contribution < -0.4 is 15.0 Å². The van der Waals surface area contributed by atoms with Crippen molar-refractivity contribution in [3.05, 3.63) is 53.6 Å². The van der Waals surface area contributed by atoms with E-state index in [2.05, 4.69) is 10.1 Å². The van der Waals surface area contributed by atoms with E-state index in [0.29, 0.717) is 5.69 Å². The molecule has 1 heterocycles. The topological polar surface area (TPSA) is 58.6 Å². The molecule has 1 fully saturated rings. The van der Waals surface area contributed by atoms with Gasteiger partial charge >= 0.3 is 6.18 Å². The van der Waals surface area contributed by atoms with E-state index in [-0.39, 0.29) is 30.5 Å². The van der Waals surface area contributed by atoms with Crippen molar-refractivity contribution in [1.29, 1.82) is 0 Å². The average molecular weight is 406 g/mol. The van der Waals surface area contributed by atoms with E-state index in [0.717, 1.165) is 16.8 Å². The second-order valence-electron chi connectivity index (χ2n) is 7.04. The number of alkyl halides is 3. The molecule has 154 valence electrons. The van der Waals surface area contributed by atoms with Crippen LogP contribution in [0.25, 0.3) is 0 Å². The van der Waals surface area contributed by atoms with Gasteiger partial charge in [-0.05, 0) is 55.3 Å². The normalized spacial score (nSPS) is 16.8. The molecular formula is C21H21F3N2O3. The van der Waals surface area contributed by atoms with Crippen molar-refractivity contribution in [2.45, 2.75) is 26.4 Å². The third-order valence-corrected chi connectivity index (χ3v) is 4.89. The lowest BCUT2D eigenvalue weighted by Crippen LogP contribution is -2.28. The van der Waals surface area contributed by atoms with Crippen molar-refractivity contribution in [1.82, 2.24) is 0 Å². The van der Waals surface area contributed by atoms with Crippen LogP contribution in [-0.4, -0.2) is 31.1 Å². The first-order valence-electron chi connectivity index (χ1n) is 9.11. The Labute approximate surface area is 166 Å². The largest absolute Gasteiger partial charge is 0.484 e. The molecule has 1 aliphatic heterocycles. The van der Waals surface area contributed by atoms with Crippen molar-refractivity contribution in [2.24, 2.45) is 5.92 Å². The number of nitrogens with one attached hydrogen (secondary N) is 1. The molecule has 0 bridgehead atoms. The molecule has 0 radical (unpaired) electrons. The Morgan fingerprint density at radius 1 is 1.17 bits per heavy atom. The second kappa shape index (κ2) is 8.14. The fraction of sp³-hybridized carbons (Fsp3) is 0.333. The van der Waals surface area contributed by atoms with Gasteiger partial charge in [0, 0.05) is 24.3 Å². The summed E-state index contributed by atoms with van der Waals surface area (Å²) in [6.45, 7) is 2.80. The van der Waals surface area contributed by atoms with Crippen LogP contribution in [0.4, 0.5) is 24.5 Å². The number of amides is 2. The smallest absolute Gasteiger partial charge is 0.422 e. The number of ether oxygens (including phenoxy) is 1. The third kappa shape index (κ3) is 5.07. The molecule has 1 N–H and O–H groups in total. The van der Waals surface area contributed by atoms with Crippen LogP contribution in [0.1, 0.15) is 17.5 Å². The molecule has 1 unspecified atom stereocenters. The van der Waals surface area contributed by atoms with Gasteiger partial charge in [-0.25, -0.2) is 0 Å². The zero-order valence-corrected chi connectivity index (χ0v) is 16.0. The highest BCUT2D eigenvalue weighted by Gasteiger charge is 2.35. The number of carbonyl (C=O) groups excluding carboxylic acids is 2. The molecule has 1 saturated heterocycles. The van der Waals surface area contributed by atoms with E-state index in [4.69, 9.17) is 0 Å². The maximum absolute atomic E-state index is 12.6. The van der Waals surface area contributed by atoms with E-state index in [1.54, 1.807) is 4.90 Å². The second-order valence-corrected chi connectivity index (χ2v) is 7.04. The lowest BCUT2D eigenvalue weighted by Gasteiger charge is -2.20. The Hall–Kier alpha value is -3.03. The minimum atomic E-state index is -4.41. The van der Waals surface area contributed by atoms with Gasteiger partial charge in [-0.1, -0.05) is 12.1 Å². The maximum atomic E-state index is 12.6. The maximum Gasteiger partial charge on any atom is 0.422 e. The highest BCUT2D eigenvalue weighted by molar-refractivity contribution is 6.03. The summed E-state index contributed by atoms with van der Waals surface area (Å²) < 4.78 is 41.2. The minimum absolute atomic E-state index is 0.0532. The fourth-order valence-electron chi connectivity index (χ4n) is 3.19. The van der Waals surface area contributed by atoms with Crippen molar-refractivity contribution >= 4 is 23.2 Å². The standard InChI is InChI=1S/C21H21F3N2O3/c1-13-4-3-5-18(14(13)2)26-11-15(10-19(26)27)20(28)25-16-6-8-17(9-7-16)29-12-21(22,23)24/h3-9,15H,10-12H2,1-2H3,(H,25,28). The number of rotatable bonds is 5. The highest BCUT2D eigenvalue weighted by atomic mass is 19.4. The van der Waals surface area contributed by atoms with Crippen LogP contribution in [0.15, 0.2) is 42.5 Å². The van der Waals surface area contributed by atoms with E-state index in [1.165, 1.54) is 24.3 Å². The molecule has 2 amide bonds. The number of carbonyl (C=O) groups is 2. The Morgan fingerprint density at radius 3 is 2.52 bits per heavy atom. The Morgan fingerprint density at radius 2 is 1.86 bits per heavy atom. The van der Waals surface area contributed by atoms with E-state index < -0.39 is 18.7 Å². The Balaban J connectivity index is 1.61. The van der Waals surface area contributed by atoms with E-state index in [9.17, 15) is 22.8 Å². The number of nitrogens with zero attached hydrogens (tertiary/aromatic N) is 1. The number of benzene rings is 2. The van der Waals surface area contributed by atoms with Crippen LogP contribution in [0, 0.1) is 19.8 Å². The van der Waals surface area contributed by atoms with Crippen LogP contribution in [0.3, 0.4) is 0 Å². The minimum Gasteiger partial charge on any atom is -0.484 e. The number of hydrogen-bond donors (Lipinski definition) is 1. The van der Waals surface area contributed by atoms with Crippen LogP contribution in [-0.2, 0) is 9.59 Å². The number of halogens is 3. The molecule has 0 aliphatic carbocycles. The van der Waals surface area contributed by atoms with Gasteiger partial charge in [-0.15, -0.1) is 0 Å². The predicted octanol–water partition coefficient (Wildman–Crippen LogP) is 4.24. The highest BCUT2D eigenvalue weighted by Crippen LogP contribution is 2.30. The molecule has 2 aromatic carbocycles. The molecule has 0 saturated carbocycles. The van der Waals surface area contributed by atoms with Gasteiger partial charge in [-0.2, -0.15) is 13.2 Å². The Bertz CT molecular complexity index is 910. The fourth-order valence-corrected chi connectivity index (χ4v) is 3.19. The molecule has 1 atom stereocenters. The molecule has 5 nitrogen and oxygen atoms in total. The van der Waals surface area contributed by atoms with Gasteiger partial charge in [0.1, 0.15) is 5.75 Å². The zero-order chi connectivity index (χ0) is 21.2.